The number of quaternary nitrogens is 1. The first-order valence-corrected chi connectivity index (χ1v) is 22.3. The topological polar surface area (TPSA) is 102 Å². The zero-order valence-corrected chi connectivity index (χ0v) is 36.5. The summed E-state index contributed by atoms with van der Waals surface area (Å²) in [6, 6.07) is -0.733. The van der Waals surface area contributed by atoms with Crippen molar-refractivity contribution < 1.29 is 38.2 Å². The van der Waals surface area contributed by atoms with Gasteiger partial charge in [0.25, 0.3) is 0 Å². The molecule has 0 radical (unpaired) electrons. The van der Waals surface area contributed by atoms with Gasteiger partial charge in [-0.3, -0.25) is 9.59 Å². The van der Waals surface area contributed by atoms with Gasteiger partial charge in [-0.15, -0.1) is 0 Å². The summed E-state index contributed by atoms with van der Waals surface area (Å²) < 4.78 is 17.1. The maximum absolute atomic E-state index is 12.7. The van der Waals surface area contributed by atoms with Crippen molar-refractivity contribution in [3.8, 4) is 0 Å². The van der Waals surface area contributed by atoms with Crippen LogP contribution in [0, 0.1) is 0 Å². The Balaban J connectivity index is 4.41. The Morgan fingerprint density at radius 3 is 1.50 bits per heavy atom. The number of carbonyl (C=O) groups excluding carboxylic acids is 3. The Hall–Kier alpha value is -2.97. The minimum Gasteiger partial charge on any atom is -0.544 e. The SMILES string of the molecule is CC/C=C\C/C=C\C/C=C\C/C=C\CCCCCCC(=O)OC(COCCC(C(=O)[O-])[N+](C)(C)C)COC(=O)CCCCCCC/C=C\CCCCCCCC. The second kappa shape index (κ2) is 38.9. The molecule has 0 aromatic carbocycles. The molecule has 0 aliphatic heterocycles. The summed E-state index contributed by atoms with van der Waals surface area (Å²) in [6.45, 7) is 4.50. The Morgan fingerprint density at radius 1 is 0.554 bits per heavy atom. The lowest BCUT2D eigenvalue weighted by atomic mass is 10.1. The van der Waals surface area contributed by atoms with Crippen molar-refractivity contribution in [2.24, 2.45) is 0 Å². The van der Waals surface area contributed by atoms with Crippen molar-refractivity contribution in [2.75, 3.05) is 41.0 Å². The number of aliphatic carboxylic acids is 1. The van der Waals surface area contributed by atoms with Crippen molar-refractivity contribution in [1.82, 2.24) is 0 Å². The summed E-state index contributed by atoms with van der Waals surface area (Å²) in [4.78, 5) is 36.9. The van der Waals surface area contributed by atoms with E-state index < -0.39 is 18.1 Å². The number of rotatable bonds is 39. The molecule has 0 aliphatic carbocycles. The van der Waals surface area contributed by atoms with Crippen LogP contribution in [0.3, 0.4) is 0 Å². The number of unbranched alkanes of at least 4 members (excludes halogenated alkanes) is 15. The van der Waals surface area contributed by atoms with E-state index in [9.17, 15) is 19.5 Å². The number of carbonyl (C=O) groups is 3. The minimum atomic E-state index is -1.13. The van der Waals surface area contributed by atoms with Crippen molar-refractivity contribution in [2.45, 2.75) is 187 Å². The first kappa shape index (κ1) is 53.0. The molecule has 322 valence electrons. The van der Waals surface area contributed by atoms with Crippen molar-refractivity contribution in [3.63, 3.8) is 0 Å². The van der Waals surface area contributed by atoms with E-state index in [1.54, 1.807) is 21.1 Å². The third-order valence-electron chi connectivity index (χ3n) is 9.64. The minimum absolute atomic E-state index is 0.0260. The first-order valence-electron chi connectivity index (χ1n) is 22.3. The Bertz CT molecular complexity index is 1100. The summed E-state index contributed by atoms with van der Waals surface area (Å²) in [5, 5.41) is 11.6. The van der Waals surface area contributed by atoms with Gasteiger partial charge in [0, 0.05) is 19.3 Å². The van der Waals surface area contributed by atoms with Gasteiger partial charge in [-0.25, -0.2) is 0 Å². The van der Waals surface area contributed by atoms with Gasteiger partial charge in [0.15, 0.2) is 6.10 Å². The molecule has 0 aliphatic rings. The lowest BCUT2D eigenvalue weighted by molar-refractivity contribution is -0.889. The number of esters is 2. The van der Waals surface area contributed by atoms with E-state index in [1.165, 1.54) is 51.4 Å². The van der Waals surface area contributed by atoms with Gasteiger partial charge < -0.3 is 28.6 Å². The van der Waals surface area contributed by atoms with E-state index in [-0.39, 0.29) is 49.1 Å². The van der Waals surface area contributed by atoms with Crippen LogP contribution in [0.2, 0.25) is 0 Å². The van der Waals surface area contributed by atoms with E-state index in [2.05, 4.69) is 74.6 Å². The molecule has 0 amide bonds. The average molecular weight is 786 g/mol. The van der Waals surface area contributed by atoms with Gasteiger partial charge in [0.05, 0.1) is 40.3 Å². The monoisotopic (exact) mass is 786 g/mol. The van der Waals surface area contributed by atoms with Crippen molar-refractivity contribution >= 4 is 17.9 Å². The number of hydrogen-bond acceptors (Lipinski definition) is 7. The average Bonchev–Trinajstić information content (AvgIpc) is 3.15. The lowest BCUT2D eigenvalue weighted by Crippen LogP contribution is -2.55. The highest BCUT2D eigenvalue weighted by molar-refractivity contribution is 5.70. The number of carboxylic acid groups (broad SMARTS) is 1. The predicted octanol–water partition coefficient (Wildman–Crippen LogP) is 10.9. The molecule has 8 heteroatoms. The summed E-state index contributed by atoms with van der Waals surface area (Å²) >= 11 is 0. The summed E-state index contributed by atoms with van der Waals surface area (Å²) in [6.07, 6.45) is 46.7. The van der Waals surface area contributed by atoms with Crippen LogP contribution in [-0.4, -0.2) is 75.5 Å². The highest BCUT2D eigenvalue weighted by Gasteiger charge is 2.25. The molecule has 0 bridgehead atoms. The van der Waals surface area contributed by atoms with Crippen LogP contribution in [-0.2, 0) is 28.6 Å². The van der Waals surface area contributed by atoms with Crippen LogP contribution < -0.4 is 5.11 Å². The molecule has 0 aromatic rings. The molecule has 0 heterocycles. The van der Waals surface area contributed by atoms with Gasteiger partial charge in [0.2, 0.25) is 0 Å². The molecule has 2 atom stereocenters. The maximum Gasteiger partial charge on any atom is 0.306 e. The Labute approximate surface area is 343 Å². The standard InChI is InChI=1S/C48H83NO7/c1-6-8-10-12-14-16-18-20-22-23-25-27-29-31-33-35-37-39-47(51)56-44(42-54-41-40-45(48(52)53)49(3,4)5)43-55-46(50)38-36-34-32-30-28-26-24-21-19-17-15-13-11-9-7-2/h8,10,14,16,20-22,24-25,27,44-45H,6-7,9,11-13,15,17-19,23,26,28-43H2,1-5H3/b10-8-,16-14-,22-20-,24-21-,27-25-. The molecular weight excluding hydrogens is 703 g/mol. The van der Waals surface area contributed by atoms with Gasteiger partial charge in [-0.05, 0) is 77.0 Å². The predicted molar refractivity (Wildman–Crippen MR) is 231 cm³/mol. The fourth-order valence-electron chi connectivity index (χ4n) is 6.17. The first-order chi connectivity index (χ1) is 27.1. The smallest absolute Gasteiger partial charge is 0.306 e. The van der Waals surface area contributed by atoms with Crippen LogP contribution in [0.5, 0.6) is 0 Å². The summed E-state index contributed by atoms with van der Waals surface area (Å²) in [7, 11) is 5.39. The number of nitrogens with zero attached hydrogens (tertiary/aromatic N) is 1. The molecule has 0 saturated carbocycles. The van der Waals surface area contributed by atoms with E-state index >= 15 is 0 Å². The van der Waals surface area contributed by atoms with Crippen LogP contribution in [0.15, 0.2) is 60.8 Å². The number of likely N-dealkylation sites (N-methyl/N-ethyl adjacent to an activating group) is 1. The molecule has 0 saturated heterocycles. The Kier molecular flexibility index (Phi) is 36.8. The van der Waals surface area contributed by atoms with E-state index in [0.717, 1.165) is 89.9 Å². The normalized spacial score (nSPS) is 13.5. The molecule has 0 N–H and O–H groups in total. The quantitative estimate of drug-likeness (QED) is 0.0265. The third kappa shape index (κ3) is 36.7. The van der Waals surface area contributed by atoms with Gasteiger partial charge >= 0.3 is 11.9 Å². The molecule has 0 fully saturated rings. The molecule has 0 spiro atoms. The number of ether oxygens (including phenoxy) is 3. The molecule has 0 aromatic heterocycles. The fourth-order valence-corrected chi connectivity index (χ4v) is 6.17. The molecule has 2 unspecified atom stereocenters. The Morgan fingerprint density at radius 2 is 1.00 bits per heavy atom. The highest BCUT2D eigenvalue weighted by atomic mass is 16.6. The van der Waals surface area contributed by atoms with Gasteiger partial charge in [-0.2, -0.15) is 0 Å². The van der Waals surface area contributed by atoms with Crippen LogP contribution >= 0.6 is 0 Å². The second-order valence-corrected chi connectivity index (χ2v) is 15.9. The largest absolute Gasteiger partial charge is 0.544 e. The van der Waals surface area contributed by atoms with E-state index in [4.69, 9.17) is 14.2 Å². The molecular formula is C48H83NO7. The second-order valence-electron chi connectivity index (χ2n) is 15.9. The van der Waals surface area contributed by atoms with Crippen LogP contribution in [0.25, 0.3) is 0 Å². The van der Waals surface area contributed by atoms with E-state index in [0.29, 0.717) is 6.42 Å². The van der Waals surface area contributed by atoms with Gasteiger partial charge in [-0.1, -0.05) is 139 Å². The van der Waals surface area contributed by atoms with Crippen LogP contribution in [0.4, 0.5) is 0 Å². The molecule has 56 heavy (non-hydrogen) atoms. The highest BCUT2D eigenvalue weighted by Crippen LogP contribution is 2.13. The number of carboxylic acids is 1. The van der Waals surface area contributed by atoms with Gasteiger partial charge in [0.1, 0.15) is 12.6 Å². The zero-order valence-electron chi connectivity index (χ0n) is 36.5. The molecule has 0 rings (SSSR count). The number of hydrogen-bond donors (Lipinski definition) is 0. The maximum atomic E-state index is 12.7. The fraction of sp³-hybridized carbons (Fsp3) is 0.729. The lowest BCUT2D eigenvalue weighted by Gasteiger charge is -2.34. The third-order valence-corrected chi connectivity index (χ3v) is 9.64. The zero-order chi connectivity index (χ0) is 41.4. The molecule has 8 nitrogen and oxygen atoms in total. The summed E-state index contributed by atoms with van der Waals surface area (Å²) in [5.74, 6) is -1.78. The number of allylic oxidation sites excluding steroid dienone is 10. The van der Waals surface area contributed by atoms with E-state index in [1.807, 2.05) is 0 Å². The van der Waals surface area contributed by atoms with Crippen LogP contribution in [0.1, 0.15) is 174 Å². The summed E-state index contributed by atoms with van der Waals surface area (Å²) in [5.41, 5.74) is 0. The van der Waals surface area contributed by atoms with Crippen molar-refractivity contribution in [1.29, 1.82) is 0 Å². The van der Waals surface area contributed by atoms with Crippen molar-refractivity contribution in [3.05, 3.63) is 60.8 Å².